The van der Waals surface area contributed by atoms with Crippen LogP contribution in [0.25, 0.3) is 0 Å². The zero-order chi connectivity index (χ0) is 21.3. The van der Waals surface area contributed by atoms with Gasteiger partial charge in [-0.2, -0.15) is 0 Å². The topological polar surface area (TPSA) is 64.6 Å². The molecule has 1 aromatic carbocycles. The van der Waals surface area contributed by atoms with Gasteiger partial charge in [-0.1, -0.05) is 60.3 Å². The van der Waals surface area contributed by atoms with E-state index in [1.165, 1.54) is 5.56 Å². The summed E-state index contributed by atoms with van der Waals surface area (Å²) in [6.45, 7) is 17.0. The predicted octanol–water partition coefficient (Wildman–Crippen LogP) is 5.63. The van der Waals surface area contributed by atoms with Gasteiger partial charge in [0.1, 0.15) is 13.2 Å². The molecule has 1 N–H and O–H groups in total. The van der Waals surface area contributed by atoms with Crippen molar-refractivity contribution in [3.8, 4) is 0 Å². The van der Waals surface area contributed by atoms with Gasteiger partial charge in [0, 0.05) is 11.8 Å². The Bertz CT molecular complexity index is 627. The highest BCUT2D eigenvalue weighted by atomic mass is 16.6. The van der Waals surface area contributed by atoms with E-state index in [2.05, 4.69) is 65.6 Å². The molecular weight excluding hydrogens is 354 g/mol. The number of carbonyl (C=O) groups is 2. The van der Waals surface area contributed by atoms with Crippen LogP contribution in [0.1, 0.15) is 53.0 Å². The number of rotatable bonds is 10. The Balaban J connectivity index is 2.71. The summed E-state index contributed by atoms with van der Waals surface area (Å²) in [5.74, 6) is 2.21. The zero-order valence-corrected chi connectivity index (χ0v) is 18.0. The summed E-state index contributed by atoms with van der Waals surface area (Å²) in [6.07, 6.45) is 0.486. The summed E-state index contributed by atoms with van der Waals surface area (Å²) in [5.41, 5.74) is 1.96. The van der Waals surface area contributed by atoms with E-state index in [0.717, 1.165) is 6.08 Å². The standard InChI is InChI=1S/C23H35NO4/c1-8-20(25)27-13-14-28-23(26)24-19-11-9-18(10-12-19)22(17(6)7)21(15(2)3)16(4)5/h8-12,15-17,21-22H,1,13-14H2,2-7H3,(H,24,26). The van der Waals surface area contributed by atoms with E-state index in [0.29, 0.717) is 35.3 Å². The maximum absolute atomic E-state index is 11.8. The molecule has 28 heavy (non-hydrogen) atoms. The Kier molecular flexibility index (Phi) is 9.77. The van der Waals surface area contributed by atoms with Gasteiger partial charge in [-0.25, -0.2) is 9.59 Å². The Morgan fingerprint density at radius 3 is 1.93 bits per heavy atom. The van der Waals surface area contributed by atoms with E-state index in [1.54, 1.807) is 0 Å². The van der Waals surface area contributed by atoms with Crippen LogP contribution < -0.4 is 5.32 Å². The number of amides is 1. The van der Waals surface area contributed by atoms with E-state index in [-0.39, 0.29) is 13.2 Å². The molecule has 5 nitrogen and oxygen atoms in total. The summed E-state index contributed by atoms with van der Waals surface area (Å²) in [5, 5.41) is 2.69. The Morgan fingerprint density at radius 1 is 0.929 bits per heavy atom. The van der Waals surface area contributed by atoms with E-state index < -0.39 is 12.1 Å². The summed E-state index contributed by atoms with van der Waals surface area (Å²) in [4.78, 5) is 22.8. The molecule has 0 radical (unpaired) electrons. The van der Waals surface area contributed by atoms with E-state index >= 15 is 0 Å². The van der Waals surface area contributed by atoms with Crippen LogP contribution in [-0.2, 0) is 14.3 Å². The van der Waals surface area contributed by atoms with Crippen molar-refractivity contribution in [2.75, 3.05) is 18.5 Å². The first-order valence-corrected chi connectivity index (χ1v) is 10.00. The Morgan fingerprint density at radius 2 is 1.46 bits per heavy atom. The van der Waals surface area contributed by atoms with Gasteiger partial charge in [0.15, 0.2) is 0 Å². The first kappa shape index (κ1) is 23.7. The maximum atomic E-state index is 11.8. The lowest BCUT2D eigenvalue weighted by atomic mass is 9.68. The average molecular weight is 390 g/mol. The number of benzene rings is 1. The van der Waals surface area contributed by atoms with Gasteiger partial charge in [0.2, 0.25) is 0 Å². The number of esters is 1. The smallest absolute Gasteiger partial charge is 0.411 e. The molecule has 0 aliphatic carbocycles. The third-order valence-electron chi connectivity index (χ3n) is 4.94. The SMILES string of the molecule is C=CC(=O)OCCOC(=O)Nc1ccc(C(C(C)C)C(C(C)C)C(C)C)cc1. The predicted molar refractivity (Wildman–Crippen MR) is 113 cm³/mol. The number of hydrogen-bond acceptors (Lipinski definition) is 4. The lowest BCUT2D eigenvalue weighted by molar-refractivity contribution is -0.138. The molecule has 0 spiro atoms. The molecule has 0 bridgehead atoms. The summed E-state index contributed by atoms with van der Waals surface area (Å²) in [7, 11) is 0. The van der Waals surface area contributed by atoms with Gasteiger partial charge in [0.05, 0.1) is 0 Å². The van der Waals surface area contributed by atoms with Gasteiger partial charge in [-0.15, -0.1) is 0 Å². The van der Waals surface area contributed by atoms with Gasteiger partial charge in [0.25, 0.3) is 0 Å². The molecule has 1 aromatic rings. The van der Waals surface area contributed by atoms with Crippen molar-refractivity contribution in [1.82, 2.24) is 0 Å². The molecule has 1 amide bonds. The van der Waals surface area contributed by atoms with Crippen LogP contribution >= 0.6 is 0 Å². The van der Waals surface area contributed by atoms with E-state index in [9.17, 15) is 9.59 Å². The van der Waals surface area contributed by atoms with Crippen molar-refractivity contribution in [3.63, 3.8) is 0 Å². The van der Waals surface area contributed by atoms with Crippen LogP contribution in [-0.4, -0.2) is 25.3 Å². The molecule has 1 atom stereocenters. The second kappa shape index (κ2) is 11.5. The molecule has 0 aliphatic rings. The molecule has 1 unspecified atom stereocenters. The van der Waals surface area contributed by atoms with E-state index in [1.807, 2.05) is 12.1 Å². The molecule has 0 fully saturated rings. The Hall–Kier alpha value is -2.30. The largest absolute Gasteiger partial charge is 0.459 e. The van der Waals surface area contributed by atoms with Crippen molar-refractivity contribution in [1.29, 1.82) is 0 Å². The van der Waals surface area contributed by atoms with Crippen LogP contribution in [0.3, 0.4) is 0 Å². The molecule has 0 heterocycles. The van der Waals surface area contributed by atoms with Crippen LogP contribution in [0.2, 0.25) is 0 Å². The fourth-order valence-corrected chi connectivity index (χ4v) is 3.93. The number of carbonyl (C=O) groups excluding carboxylic acids is 2. The summed E-state index contributed by atoms with van der Waals surface area (Å²) >= 11 is 0. The summed E-state index contributed by atoms with van der Waals surface area (Å²) in [6, 6.07) is 7.98. The number of hydrogen-bond donors (Lipinski definition) is 1. The molecule has 1 rings (SSSR count). The number of ether oxygens (including phenoxy) is 2. The lowest BCUT2D eigenvalue weighted by Gasteiger charge is -2.36. The third kappa shape index (κ3) is 7.37. The lowest BCUT2D eigenvalue weighted by Crippen LogP contribution is -2.27. The van der Waals surface area contributed by atoms with Crippen LogP contribution in [0.15, 0.2) is 36.9 Å². The number of nitrogens with one attached hydrogen (secondary N) is 1. The first-order valence-electron chi connectivity index (χ1n) is 10.00. The molecule has 156 valence electrons. The summed E-state index contributed by atoms with van der Waals surface area (Å²) < 4.78 is 9.75. The van der Waals surface area contributed by atoms with Gasteiger partial charge in [-0.3, -0.25) is 5.32 Å². The van der Waals surface area contributed by atoms with Crippen LogP contribution in [0.4, 0.5) is 10.5 Å². The molecular formula is C23H35NO4. The Labute approximate surface area is 169 Å². The monoisotopic (exact) mass is 389 g/mol. The van der Waals surface area contributed by atoms with E-state index in [4.69, 9.17) is 9.47 Å². The highest BCUT2D eigenvalue weighted by Crippen LogP contribution is 2.40. The molecule has 0 saturated heterocycles. The van der Waals surface area contributed by atoms with Crippen LogP contribution in [0.5, 0.6) is 0 Å². The molecule has 0 saturated carbocycles. The van der Waals surface area contributed by atoms with Gasteiger partial charge < -0.3 is 9.47 Å². The van der Waals surface area contributed by atoms with Gasteiger partial charge >= 0.3 is 12.1 Å². The fourth-order valence-electron chi connectivity index (χ4n) is 3.93. The molecule has 0 aromatic heterocycles. The highest BCUT2D eigenvalue weighted by molar-refractivity contribution is 5.84. The second-order valence-corrected chi connectivity index (χ2v) is 8.09. The highest BCUT2D eigenvalue weighted by Gasteiger charge is 2.30. The van der Waals surface area contributed by atoms with Crippen molar-refractivity contribution in [3.05, 3.63) is 42.5 Å². The average Bonchev–Trinajstić information content (AvgIpc) is 2.62. The minimum atomic E-state index is -0.579. The maximum Gasteiger partial charge on any atom is 0.411 e. The van der Waals surface area contributed by atoms with Crippen LogP contribution in [0, 0.1) is 23.7 Å². The zero-order valence-electron chi connectivity index (χ0n) is 18.0. The fraction of sp³-hybridized carbons (Fsp3) is 0.565. The van der Waals surface area contributed by atoms with Crippen molar-refractivity contribution >= 4 is 17.7 Å². The minimum Gasteiger partial charge on any atom is -0.459 e. The molecule has 0 aliphatic heterocycles. The molecule has 5 heteroatoms. The van der Waals surface area contributed by atoms with Crippen molar-refractivity contribution in [2.24, 2.45) is 23.7 Å². The first-order chi connectivity index (χ1) is 13.2. The number of anilines is 1. The van der Waals surface area contributed by atoms with Gasteiger partial charge in [-0.05, 0) is 47.3 Å². The quantitative estimate of drug-likeness (QED) is 0.320. The minimum absolute atomic E-state index is 0.000920. The second-order valence-electron chi connectivity index (χ2n) is 8.09. The van der Waals surface area contributed by atoms with Crippen molar-refractivity contribution < 1.29 is 19.1 Å². The van der Waals surface area contributed by atoms with Crippen molar-refractivity contribution in [2.45, 2.75) is 47.5 Å². The normalized spacial score (nSPS) is 12.4. The third-order valence-corrected chi connectivity index (χ3v) is 4.94.